The molecule has 0 bridgehead atoms. The number of piperazine rings is 1. The lowest BCUT2D eigenvalue weighted by atomic mass is 10.0. The van der Waals surface area contributed by atoms with E-state index in [-0.39, 0.29) is 0 Å². The quantitative estimate of drug-likeness (QED) is 0.925. The van der Waals surface area contributed by atoms with E-state index in [4.69, 9.17) is 11.6 Å². The standard InChI is InChI=1S/C16H25ClN2O/c1-12-10-19(11-13(2)18(12)3)9-8-16(20)14-6-4-5-7-15(14)17/h4-7,12-13,16,20H,8-11H2,1-3H3. The Morgan fingerprint density at radius 3 is 2.45 bits per heavy atom. The van der Waals surface area contributed by atoms with Gasteiger partial charge in [0.1, 0.15) is 0 Å². The molecule has 0 aromatic heterocycles. The van der Waals surface area contributed by atoms with Gasteiger partial charge in [-0.15, -0.1) is 0 Å². The zero-order valence-electron chi connectivity index (χ0n) is 12.6. The predicted octanol–water partition coefficient (Wildman–Crippen LogP) is 2.79. The van der Waals surface area contributed by atoms with Gasteiger partial charge in [0.05, 0.1) is 6.10 Å². The molecule has 0 saturated carbocycles. The van der Waals surface area contributed by atoms with Gasteiger partial charge in [0.25, 0.3) is 0 Å². The van der Waals surface area contributed by atoms with E-state index in [2.05, 4.69) is 30.7 Å². The number of benzene rings is 1. The number of likely N-dealkylation sites (N-methyl/N-ethyl adjacent to an activating group) is 1. The van der Waals surface area contributed by atoms with Gasteiger partial charge < -0.3 is 10.0 Å². The molecule has 1 heterocycles. The molecule has 1 aliphatic rings. The molecule has 2 rings (SSSR count). The fraction of sp³-hybridized carbons (Fsp3) is 0.625. The number of aliphatic hydroxyl groups is 1. The third kappa shape index (κ3) is 3.73. The maximum atomic E-state index is 10.3. The van der Waals surface area contributed by atoms with E-state index in [1.807, 2.05) is 24.3 Å². The van der Waals surface area contributed by atoms with Crippen molar-refractivity contribution in [3.8, 4) is 0 Å². The van der Waals surface area contributed by atoms with E-state index in [0.717, 1.165) is 31.6 Å². The van der Waals surface area contributed by atoms with Crippen molar-refractivity contribution in [2.24, 2.45) is 0 Å². The summed E-state index contributed by atoms with van der Waals surface area (Å²) in [5, 5.41) is 10.9. The van der Waals surface area contributed by atoms with Gasteiger partial charge in [0.2, 0.25) is 0 Å². The van der Waals surface area contributed by atoms with Gasteiger partial charge in [-0.05, 0) is 38.9 Å². The minimum Gasteiger partial charge on any atom is -0.388 e. The van der Waals surface area contributed by atoms with Crippen LogP contribution in [0.15, 0.2) is 24.3 Å². The van der Waals surface area contributed by atoms with E-state index >= 15 is 0 Å². The second-order valence-corrected chi connectivity index (χ2v) is 6.36. The largest absolute Gasteiger partial charge is 0.388 e. The number of nitrogens with zero attached hydrogens (tertiary/aromatic N) is 2. The molecule has 0 radical (unpaired) electrons. The summed E-state index contributed by atoms with van der Waals surface area (Å²) in [6.45, 7) is 7.56. The number of hydrogen-bond donors (Lipinski definition) is 1. The van der Waals surface area contributed by atoms with Gasteiger partial charge in [-0.2, -0.15) is 0 Å². The first-order valence-corrected chi connectivity index (χ1v) is 7.73. The normalized spacial score (nSPS) is 26.6. The van der Waals surface area contributed by atoms with E-state index in [1.165, 1.54) is 0 Å². The molecule has 0 spiro atoms. The van der Waals surface area contributed by atoms with Gasteiger partial charge >= 0.3 is 0 Å². The smallest absolute Gasteiger partial charge is 0.0816 e. The molecule has 1 aromatic carbocycles. The molecule has 3 atom stereocenters. The predicted molar refractivity (Wildman–Crippen MR) is 84.2 cm³/mol. The molecule has 3 unspecified atom stereocenters. The Hall–Kier alpha value is -0.610. The molecule has 4 heteroatoms. The van der Waals surface area contributed by atoms with Crippen molar-refractivity contribution in [2.45, 2.75) is 38.5 Å². The zero-order chi connectivity index (χ0) is 14.7. The van der Waals surface area contributed by atoms with E-state index in [9.17, 15) is 5.11 Å². The maximum Gasteiger partial charge on any atom is 0.0816 e. The zero-order valence-corrected chi connectivity index (χ0v) is 13.3. The summed E-state index contributed by atoms with van der Waals surface area (Å²) in [7, 11) is 2.19. The average Bonchev–Trinajstić information content (AvgIpc) is 2.42. The lowest BCUT2D eigenvalue weighted by Crippen LogP contribution is -2.55. The molecule has 1 aromatic rings. The summed E-state index contributed by atoms with van der Waals surface area (Å²) in [6, 6.07) is 8.68. The van der Waals surface area contributed by atoms with Crippen molar-refractivity contribution < 1.29 is 5.11 Å². The van der Waals surface area contributed by atoms with Crippen molar-refractivity contribution in [2.75, 3.05) is 26.7 Å². The van der Waals surface area contributed by atoms with Crippen LogP contribution in [0.25, 0.3) is 0 Å². The highest BCUT2D eigenvalue weighted by Gasteiger charge is 2.26. The Balaban J connectivity index is 1.88. The van der Waals surface area contributed by atoms with Crippen LogP contribution in [0.5, 0.6) is 0 Å². The van der Waals surface area contributed by atoms with Gasteiger partial charge in [-0.3, -0.25) is 4.90 Å². The van der Waals surface area contributed by atoms with Crippen molar-refractivity contribution in [1.29, 1.82) is 0 Å². The van der Waals surface area contributed by atoms with Crippen molar-refractivity contribution >= 4 is 11.6 Å². The Morgan fingerprint density at radius 1 is 1.25 bits per heavy atom. The molecular formula is C16H25ClN2O. The summed E-state index contributed by atoms with van der Waals surface area (Å²) in [6.07, 6.45) is 0.251. The van der Waals surface area contributed by atoms with E-state index < -0.39 is 6.10 Å². The topological polar surface area (TPSA) is 26.7 Å². The first-order chi connectivity index (χ1) is 9.49. The molecule has 1 aliphatic heterocycles. The van der Waals surface area contributed by atoms with Crippen LogP contribution in [0, 0.1) is 0 Å². The van der Waals surface area contributed by atoms with Crippen LogP contribution < -0.4 is 0 Å². The number of rotatable bonds is 4. The Kier molecular flexibility index (Phi) is 5.44. The highest BCUT2D eigenvalue weighted by molar-refractivity contribution is 6.31. The van der Waals surface area contributed by atoms with Crippen LogP contribution in [0.2, 0.25) is 5.02 Å². The third-order valence-electron chi connectivity index (χ3n) is 4.42. The summed E-state index contributed by atoms with van der Waals surface area (Å²) >= 11 is 6.13. The molecular weight excluding hydrogens is 272 g/mol. The summed E-state index contributed by atoms with van der Waals surface area (Å²) in [5.74, 6) is 0. The van der Waals surface area contributed by atoms with Crippen LogP contribution in [0.3, 0.4) is 0 Å². The third-order valence-corrected chi connectivity index (χ3v) is 4.76. The summed E-state index contributed by atoms with van der Waals surface area (Å²) in [5.41, 5.74) is 0.837. The van der Waals surface area contributed by atoms with Gasteiger partial charge in [-0.25, -0.2) is 0 Å². The summed E-state index contributed by atoms with van der Waals surface area (Å²) < 4.78 is 0. The first-order valence-electron chi connectivity index (χ1n) is 7.35. The lowest BCUT2D eigenvalue weighted by Gasteiger charge is -2.42. The first kappa shape index (κ1) is 15.8. The maximum absolute atomic E-state index is 10.3. The Labute approximate surface area is 127 Å². The highest BCUT2D eigenvalue weighted by Crippen LogP contribution is 2.25. The minimum atomic E-state index is -0.478. The monoisotopic (exact) mass is 296 g/mol. The van der Waals surface area contributed by atoms with Crippen molar-refractivity contribution in [3.05, 3.63) is 34.9 Å². The number of aliphatic hydroxyl groups excluding tert-OH is 1. The highest BCUT2D eigenvalue weighted by atomic mass is 35.5. The van der Waals surface area contributed by atoms with E-state index in [0.29, 0.717) is 17.1 Å². The second kappa shape index (κ2) is 6.90. The van der Waals surface area contributed by atoms with Gasteiger partial charge in [0.15, 0.2) is 0 Å². The fourth-order valence-corrected chi connectivity index (χ4v) is 3.16. The molecule has 20 heavy (non-hydrogen) atoms. The average molecular weight is 297 g/mol. The van der Waals surface area contributed by atoms with Crippen LogP contribution in [-0.4, -0.2) is 53.7 Å². The molecule has 1 fully saturated rings. The number of hydrogen-bond acceptors (Lipinski definition) is 3. The lowest BCUT2D eigenvalue weighted by molar-refractivity contribution is 0.0485. The van der Waals surface area contributed by atoms with Crippen LogP contribution in [0.4, 0.5) is 0 Å². The number of halogens is 1. The van der Waals surface area contributed by atoms with Crippen molar-refractivity contribution in [3.63, 3.8) is 0 Å². The van der Waals surface area contributed by atoms with E-state index in [1.54, 1.807) is 0 Å². The van der Waals surface area contributed by atoms with Crippen LogP contribution >= 0.6 is 11.6 Å². The van der Waals surface area contributed by atoms with Crippen LogP contribution in [-0.2, 0) is 0 Å². The summed E-state index contributed by atoms with van der Waals surface area (Å²) in [4.78, 5) is 4.86. The van der Waals surface area contributed by atoms with Gasteiger partial charge in [-0.1, -0.05) is 29.8 Å². The Morgan fingerprint density at radius 2 is 1.85 bits per heavy atom. The second-order valence-electron chi connectivity index (χ2n) is 5.95. The molecule has 0 aliphatic carbocycles. The SMILES string of the molecule is CC1CN(CCC(O)c2ccccc2Cl)CC(C)N1C. The minimum absolute atomic E-state index is 0.478. The Bertz CT molecular complexity index is 428. The molecule has 112 valence electrons. The van der Waals surface area contributed by atoms with Crippen LogP contribution in [0.1, 0.15) is 31.9 Å². The molecule has 0 amide bonds. The van der Waals surface area contributed by atoms with Crippen molar-refractivity contribution in [1.82, 2.24) is 9.80 Å². The molecule has 1 saturated heterocycles. The van der Waals surface area contributed by atoms with Gasteiger partial charge in [0, 0.05) is 36.7 Å². The molecule has 1 N–H and O–H groups in total. The fourth-order valence-electron chi connectivity index (χ4n) is 2.90. The molecule has 3 nitrogen and oxygen atoms in total.